The zero-order valence-electron chi connectivity index (χ0n) is 15.0. The van der Waals surface area contributed by atoms with Gasteiger partial charge in [0.2, 0.25) is 0 Å². The number of carbonyl (C=O) groups is 1. The van der Waals surface area contributed by atoms with Crippen LogP contribution in [0.15, 0.2) is 0 Å². The van der Waals surface area contributed by atoms with Crippen molar-refractivity contribution >= 4 is 5.97 Å². The van der Waals surface area contributed by atoms with Gasteiger partial charge >= 0.3 is 5.97 Å². The van der Waals surface area contributed by atoms with E-state index in [2.05, 4.69) is 6.92 Å². The molecule has 3 N–H and O–H groups in total. The van der Waals surface area contributed by atoms with E-state index in [-0.39, 0.29) is 18.6 Å². The molecule has 0 saturated heterocycles. The van der Waals surface area contributed by atoms with Crippen LogP contribution in [-0.2, 0) is 4.79 Å². The molecule has 138 valence electrons. The zero-order valence-corrected chi connectivity index (χ0v) is 15.0. The van der Waals surface area contributed by atoms with Crippen molar-refractivity contribution in [3.63, 3.8) is 0 Å². The van der Waals surface area contributed by atoms with E-state index in [1.54, 1.807) is 0 Å². The van der Waals surface area contributed by atoms with Gasteiger partial charge in [-0.05, 0) is 32.1 Å². The van der Waals surface area contributed by atoms with Crippen molar-refractivity contribution in [3.8, 4) is 0 Å². The van der Waals surface area contributed by atoms with Gasteiger partial charge in [0.05, 0.1) is 12.2 Å². The standard InChI is InChI=1S/C19H38O4/c1-2-3-9-12-17(20)15-16-18(21)13-10-7-5-4-6-8-11-14-19(22)23/h17-18,20-21H,2-16H2,1H3,(H,22,23). The van der Waals surface area contributed by atoms with Crippen molar-refractivity contribution in [1.29, 1.82) is 0 Å². The van der Waals surface area contributed by atoms with Gasteiger partial charge in [0.25, 0.3) is 0 Å². The minimum Gasteiger partial charge on any atom is -0.481 e. The summed E-state index contributed by atoms with van der Waals surface area (Å²) in [5, 5.41) is 28.3. The molecule has 2 unspecified atom stereocenters. The molecule has 0 rings (SSSR count). The molecule has 0 amide bonds. The van der Waals surface area contributed by atoms with Crippen molar-refractivity contribution in [2.75, 3.05) is 0 Å². The van der Waals surface area contributed by atoms with Gasteiger partial charge in [-0.2, -0.15) is 0 Å². The van der Waals surface area contributed by atoms with Gasteiger partial charge in [0.1, 0.15) is 0 Å². The molecule has 0 bridgehead atoms. The molecule has 4 heteroatoms. The van der Waals surface area contributed by atoms with Crippen molar-refractivity contribution < 1.29 is 20.1 Å². The van der Waals surface area contributed by atoms with Crippen molar-refractivity contribution in [3.05, 3.63) is 0 Å². The molecule has 0 aromatic rings. The van der Waals surface area contributed by atoms with Crippen molar-refractivity contribution in [1.82, 2.24) is 0 Å². The summed E-state index contributed by atoms with van der Waals surface area (Å²) in [6, 6.07) is 0. The molecule has 0 aromatic heterocycles. The predicted octanol–water partition coefficient (Wildman–Crippen LogP) is 4.66. The van der Waals surface area contributed by atoms with Crippen LogP contribution in [0.2, 0.25) is 0 Å². The Morgan fingerprint density at radius 1 is 0.696 bits per heavy atom. The molecule has 0 spiro atoms. The first kappa shape index (κ1) is 22.4. The van der Waals surface area contributed by atoms with Gasteiger partial charge in [-0.3, -0.25) is 4.79 Å². The monoisotopic (exact) mass is 330 g/mol. The first-order valence-corrected chi connectivity index (χ1v) is 9.64. The maximum absolute atomic E-state index is 10.4. The second-order valence-corrected chi connectivity index (χ2v) is 6.79. The van der Waals surface area contributed by atoms with Crippen LogP contribution in [0.5, 0.6) is 0 Å². The van der Waals surface area contributed by atoms with E-state index < -0.39 is 5.97 Å². The lowest BCUT2D eigenvalue weighted by molar-refractivity contribution is -0.137. The van der Waals surface area contributed by atoms with Gasteiger partial charge in [-0.1, -0.05) is 64.7 Å². The second-order valence-electron chi connectivity index (χ2n) is 6.79. The van der Waals surface area contributed by atoms with Crippen LogP contribution >= 0.6 is 0 Å². The maximum Gasteiger partial charge on any atom is 0.303 e. The first-order chi connectivity index (χ1) is 11.1. The molecule has 23 heavy (non-hydrogen) atoms. The normalized spacial score (nSPS) is 13.9. The molecule has 0 heterocycles. The summed E-state index contributed by atoms with van der Waals surface area (Å²) in [4.78, 5) is 10.4. The molecule has 0 aliphatic heterocycles. The van der Waals surface area contributed by atoms with Gasteiger partial charge in [-0.15, -0.1) is 0 Å². The van der Waals surface area contributed by atoms with E-state index in [0.717, 1.165) is 57.8 Å². The SMILES string of the molecule is CCCCCC(O)CCC(O)CCCCCCCCCC(=O)O. The number of carboxylic acids is 1. The maximum atomic E-state index is 10.4. The number of carboxylic acid groups (broad SMARTS) is 1. The average Bonchev–Trinajstić information content (AvgIpc) is 2.51. The number of hydrogen-bond acceptors (Lipinski definition) is 3. The van der Waals surface area contributed by atoms with Crippen LogP contribution in [0, 0.1) is 0 Å². The van der Waals surface area contributed by atoms with Crippen molar-refractivity contribution in [2.24, 2.45) is 0 Å². The van der Waals surface area contributed by atoms with Crippen molar-refractivity contribution in [2.45, 2.75) is 115 Å². The summed E-state index contributed by atoms with van der Waals surface area (Å²) < 4.78 is 0. The number of aliphatic hydroxyl groups excluding tert-OH is 2. The zero-order chi connectivity index (χ0) is 17.3. The van der Waals surface area contributed by atoms with E-state index in [9.17, 15) is 15.0 Å². The fourth-order valence-electron chi connectivity index (χ4n) is 2.84. The third-order valence-corrected chi connectivity index (χ3v) is 4.40. The lowest BCUT2D eigenvalue weighted by Gasteiger charge is -2.14. The van der Waals surface area contributed by atoms with E-state index in [4.69, 9.17) is 5.11 Å². The van der Waals surface area contributed by atoms with Crippen LogP contribution in [-0.4, -0.2) is 33.5 Å². The Kier molecular flexibility index (Phi) is 15.8. The topological polar surface area (TPSA) is 77.8 Å². The Bertz CT molecular complexity index is 268. The summed E-state index contributed by atoms with van der Waals surface area (Å²) in [7, 11) is 0. The molecule has 0 aliphatic rings. The van der Waals surface area contributed by atoms with Gasteiger partial charge < -0.3 is 15.3 Å². The fraction of sp³-hybridized carbons (Fsp3) is 0.947. The Balaban J connectivity index is 3.29. The Morgan fingerprint density at radius 3 is 1.61 bits per heavy atom. The number of hydrogen-bond donors (Lipinski definition) is 3. The molecule has 0 fully saturated rings. The van der Waals surface area contributed by atoms with E-state index in [1.807, 2.05) is 0 Å². The number of aliphatic hydroxyl groups is 2. The Hall–Kier alpha value is -0.610. The van der Waals surface area contributed by atoms with Crippen LogP contribution < -0.4 is 0 Å². The third-order valence-electron chi connectivity index (χ3n) is 4.40. The van der Waals surface area contributed by atoms with Crippen LogP contribution in [0.1, 0.15) is 103 Å². The lowest BCUT2D eigenvalue weighted by atomic mass is 10.0. The van der Waals surface area contributed by atoms with Gasteiger partial charge in [-0.25, -0.2) is 0 Å². The predicted molar refractivity (Wildman–Crippen MR) is 94.6 cm³/mol. The Morgan fingerprint density at radius 2 is 1.13 bits per heavy atom. The molecule has 0 radical (unpaired) electrons. The summed E-state index contributed by atoms with van der Waals surface area (Å²) >= 11 is 0. The summed E-state index contributed by atoms with van der Waals surface area (Å²) in [6.45, 7) is 2.16. The quantitative estimate of drug-likeness (QED) is 0.339. The van der Waals surface area contributed by atoms with Crippen LogP contribution in [0.4, 0.5) is 0 Å². The minimum atomic E-state index is -0.700. The Labute approximate surface area is 142 Å². The lowest BCUT2D eigenvalue weighted by Crippen LogP contribution is -2.13. The fourth-order valence-corrected chi connectivity index (χ4v) is 2.84. The van der Waals surface area contributed by atoms with Crippen LogP contribution in [0.25, 0.3) is 0 Å². The number of rotatable bonds is 17. The van der Waals surface area contributed by atoms with Gasteiger partial charge in [0.15, 0.2) is 0 Å². The second kappa shape index (κ2) is 16.3. The highest BCUT2D eigenvalue weighted by molar-refractivity contribution is 5.66. The molecule has 4 nitrogen and oxygen atoms in total. The highest BCUT2D eigenvalue weighted by atomic mass is 16.4. The molecular formula is C19H38O4. The summed E-state index contributed by atoms with van der Waals surface area (Å²) in [5.74, 6) is -0.700. The number of aliphatic carboxylic acids is 1. The minimum absolute atomic E-state index is 0.248. The largest absolute Gasteiger partial charge is 0.481 e. The highest BCUT2D eigenvalue weighted by Gasteiger charge is 2.09. The smallest absolute Gasteiger partial charge is 0.303 e. The summed E-state index contributed by atoms with van der Waals surface area (Å²) in [6.07, 6.45) is 13.7. The van der Waals surface area contributed by atoms with E-state index >= 15 is 0 Å². The number of unbranched alkanes of at least 4 members (excludes halogenated alkanes) is 8. The van der Waals surface area contributed by atoms with E-state index in [0.29, 0.717) is 12.8 Å². The third kappa shape index (κ3) is 17.6. The summed E-state index contributed by atoms with van der Waals surface area (Å²) in [5.41, 5.74) is 0. The molecule has 0 saturated carbocycles. The first-order valence-electron chi connectivity index (χ1n) is 9.64. The molecule has 0 aromatic carbocycles. The highest BCUT2D eigenvalue weighted by Crippen LogP contribution is 2.15. The van der Waals surface area contributed by atoms with Crippen LogP contribution in [0.3, 0.4) is 0 Å². The van der Waals surface area contributed by atoms with E-state index in [1.165, 1.54) is 19.3 Å². The average molecular weight is 331 g/mol. The molecule has 0 aliphatic carbocycles. The molecular weight excluding hydrogens is 292 g/mol. The molecule has 2 atom stereocenters. The van der Waals surface area contributed by atoms with Gasteiger partial charge in [0, 0.05) is 6.42 Å².